The van der Waals surface area contributed by atoms with Crippen molar-refractivity contribution in [3.63, 3.8) is 0 Å². The van der Waals surface area contributed by atoms with Gasteiger partial charge in [0.05, 0.1) is 12.3 Å². The molecule has 6 heteroatoms. The lowest BCUT2D eigenvalue weighted by Crippen LogP contribution is -2.58. The summed E-state index contributed by atoms with van der Waals surface area (Å²) in [6, 6.07) is 17.1. The van der Waals surface area contributed by atoms with Crippen LogP contribution in [0.3, 0.4) is 0 Å². The summed E-state index contributed by atoms with van der Waals surface area (Å²) in [7, 11) is 0. The standard InChI is InChI=1S/C23H27ClN2O3/c24-20-9-7-18(8-10-20)15-23(25)11-4-12-26(16-23)22(29)19(14-21(27)28)13-17-5-2-1-3-6-17/h1-3,5-10,19H,4,11-16,25H2,(H,27,28). The van der Waals surface area contributed by atoms with E-state index in [1.807, 2.05) is 54.6 Å². The number of likely N-dealkylation sites (tertiary alicyclic amines) is 1. The number of amides is 1. The molecule has 2 aromatic carbocycles. The molecule has 2 atom stereocenters. The molecule has 3 N–H and O–H groups in total. The van der Waals surface area contributed by atoms with Crippen molar-refractivity contribution in [2.45, 2.75) is 37.6 Å². The summed E-state index contributed by atoms with van der Waals surface area (Å²) >= 11 is 5.96. The third-order valence-corrected chi connectivity index (χ3v) is 5.74. The highest BCUT2D eigenvalue weighted by Crippen LogP contribution is 2.26. The Bertz CT molecular complexity index is 841. The number of nitrogens with two attached hydrogens (primary N) is 1. The van der Waals surface area contributed by atoms with Crippen molar-refractivity contribution < 1.29 is 14.7 Å². The molecule has 0 spiro atoms. The van der Waals surface area contributed by atoms with Gasteiger partial charge in [0.25, 0.3) is 0 Å². The number of aliphatic carboxylic acids is 1. The van der Waals surface area contributed by atoms with Crippen LogP contribution in [0.15, 0.2) is 54.6 Å². The molecule has 3 rings (SSSR count). The van der Waals surface area contributed by atoms with Crippen molar-refractivity contribution in [1.82, 2.24) is 4.90 Å². The van der Waals surface area contributed by atoms with Gasteiger partial charge in [-0.1, -0.05) is 54.1 Å². The highest BCUT2D eigenvalue weighted by atomic mass is 35.5. The van der Waals surface area contributed by atoms with Crippen molar-refractivity contribution in [3.05, 3.63) is 70.7 Å². The number of halogens is 1. The lowest BCUT2D eigenvalue weighted by Gasteiger charge is -2.41. The van der Waals surface area contributed by atoms with Gasteiger partial charge in [-0.25, -0.2) is 0 Å². The highest BCUT2D eigenvalue weighted by Gasteiger charge is 2.36. The van der Waals surface area contributed by atoms with E-state index in [-0.39, 0.29) is 12.3 Å². The normalized spacial score (nSPS) is 20.3. The van der Waals surface area contributed by atoms with Crippen LogP contribution >= 0.6 is 11.6 Å². The van der Waals surface area contributed by atoms with Crippen LogP contribution in [0, 0.1) is 5.92 Å². The molecule has 2 aromatic rings. The zero-order valence-electron chi connectivity index (χ0n) is 16.4. The van der Waals surface area contributed by atoms with Crippen LogP contribution in [0.1, 0.15) is 30.4 Å². The van der Waals surface area contributed by atoms with Gasteiger partial charge in [0.15, 0.2) is 0 Å². The predicted octanol–water partition coefficient (Wildman–Crippen LogP) is 3.54. The van der Waals surface area contributed by atoms with Crippen LogP contribution in [0.2, 0.25) is 5.02 Å². The summed E-state index contributed by atoms with van der Waals surface area (Å²) in [6.07, 6.45) is 2.51. The average molecular weight is 415 g/mol. The summed E-state index contributed by atoms with van der Waals surface area (Å²) in [6.45, 7) is 1.04. The summed E-state index contributed by atoms with van der Waals surface area (Å²) in [4.78, 5) is 26.3. The molecule has 1 fully saturated rings. The zero-order chi connectivity index (χ0) is 20.9. The van der Waals surface area contributed by atoms with E-state index in [2.05, 4.69) is 0 Å². The predicted molar refractivity (Wildman–Crippen MR) is 114 cm³/mol. The second-order valence-corrected chi connectivity index (χ2v) is 8.45. The molecule has 0 saturated carbocycles. The second kappa shape index (κ2) is 9.42. The van der Waals surface area contributed by atoms with Crippen molar-refractivity contribution in [1.29, 1.82) is 0 Å². The van der Waals surface area contributed by atoms with Gasteiger partial charge in [-0.05, 0) is 48.9 Å². The topological polar surface area (TPSA) is 83.6 Å². The van der Waals surface area contributed by atoms with Crippen LogP contribution in [0.5, 0.6) is 0 Å². The molecule has 0 radical (unpaired) electrons. The fourth-order valence-corrected chi connectivity index (χ4v) is 4.24. The number of carbonyl (C=O) groups excluding carboxylic acids is 1. The number of piperidine rings is 1. The Morgan fingerprint density at radius 1 is 1.10 bits per heavy atom. The molecule has 1 heterocycles. The first kappa shape index (κ1) is 21.3. The van der Waals surface area contributed by atoms with Gasteiger partial charge in [0.2, 0.25) is 5.91 Å². The Kier molecular flexibility index (Phi) is 6.93. The Balaban J connectivity index is 1.71. The fourth-order valence-electron chi connectivity index (χ4n) is 4.12. The average Bonchev–Trinajstić information content (AvgIpc) is 2.69. The Hall–Kier alpha value is -2.37. The Labute approximate surface area is 176 Å². The molecule has 1 aliphatic heterocycles. The summed E-state index contributed by atoms with van der Waals surface area (Å²) in [5.74, 6) is -1.67. The minimum atomic E-state index is -0.962. The maximum Gasteiger partial charge on any atom is 0.304 e. The minimum absolute atomic E-state index is 0.123. The van der Waals surface area contributed by atoms with Crippen molar-refractivity contribution in [2.24, 2.45) is 11.7 Å². The molecule has 0 aromatic heterocycles. The Morgan fingerprint density at radius 3 is 2.45 bits per heavy atom. The molecular formula is C23H27ClN2O3. The van der Waals surface area contributed by atoms with Gasteiger partial charge in [-0.15, -0.1) is 0 Å². The third-order valence-electron chi connectivity index (χ3n) is 5.48. The number of carbonyl (C=O) groups is 2. The first-order valence-corrected chi connectivity index (χ1v) is 10.3. The van der Waals surface area contributed by atoms with Crippen LogP contribution in [-0.2, 0) is 22.4 Å². The number of carboxylic acids is 1. The zero-order valence-corrected chi connectivity index (χ0v) is 17.1. The molecule has 29 heavy (non-hydrogen) atoms. The number of rotatable bonds is 7. The first-order chi connectivity index (χ1) is 13.8. The smallest absolute Gasteiger partial charge is 0.304 e. The van der Waals surface area contributed by atoms with E-state index in [0.29, 0.717) is 31.0 Å². The third kappa shape index (κ3) is 6.05. The molecule has 1 saturated heterocycles. The van der Waals surface area contributed by atoms with Gasteiger partial charge >= 0.3 is 5.97 Å². The fraction of sp³-hybridized carbons (Fsp3) is 0.391. The molecule has 154 valence electrons. The largest absolute Gasteiger partial charge is 0.481 e. The van der Waals surface area contributed by atoms with Crippen LogP contribution in [0.4, 0.5) is 0 Å². The highest BCUT2D eigenvalue weighted by molar-refractivity contribution is 6.30. The number of hydrogen-bond acceptors (Lipinski definition) is 3. The molecule has 0 aliphatic carbocycles. The van der Waals surface area contributed by atoms with E-state index < -0.39 is 17.4 Å². The van der Waals surface area contributed by atoms with Crippen molar-refractivity contribution in [2.75, 3.05) is 13.1 Å². The van der Waals surface area contributed by atoms with Crippen LogP contribution in [-0.4, -0.2) is 40.5 Å². The summed E-state index contributed by atoms with van der Waals surface area (Å²) in [5, 5.41) is 10.0. The van der Waals surface area contributed by atoms with E-state index in [1.165, 1.54) is 0 Å². The first-order valence-electron chi connectivity index (χ1n) is 9.92. The molecular weight excluding hydrogens is 388 g/mol. The Morgan fingerprint density at radius 2 is 1.79 bits per heavy atom. The van der Waals surface area contributed by atoms with Gasteiger partial charge in [0, 0.05) is 23.7 Å². The van der Waals surface area contributed by atoms with Crippen LogP contribution in [0.25, 0.3) is 0 Å². The molecule has 1 amide bonds. The van der Waals surface area contributed by atoms with Crippen molar-refractivity contribution >= 4 is 23.5 Å². The van der Waals surface area contributed by atoms with Gasteiger partial charge in [0.1, 0.15) is 0 Å². The van der Waals surface area contributed by atoms with Crippen molar-refractivity contribution in [3.8, 4) is 0 Å². The quantitative estimate of drug-likeness (QED) is 0.725. The van der Waals surface area contributed by atoms with Gasteiger partial charge in [-0.3, -0.25) is 9.59 Å². The number of nitrogens with zero attached hydrogens (tertiary/aromatic N) is 1. The summed E-state index contributed by atoms with van der Waals surface area (Å²) in [5.41, 5.74) is 8.19. The second-order valence-electron chi connectivity index (χ2n) is 8.01. The van der Waals surface area contributed by atoms with E-state index in [0.717, 1.165) is 24.0 Å². The maximum absolute atomic E-state index is 13.2. The summed E-state index contributed by atoms with van der Waals surface area (Å²) < 4.78 is 0. The molecule has 0 bridgehead atoms. The number of carboxylic acid groups (broad SMARTS) is 1. The maximum atomic E-state index is 13.2. The lowest BCUT2D eigenvalue weighted by atomic mass is 9.83. The SMILES string of the molecule is NC1(Cc2ccc(Cl)cc2)CCCN(C(=O)C(CC(=O)O)Cc2ccccc2)C1. The number of benzene rings is 2. The monoisotopic (exact) mass is 414 g/mol. The van der Waals surface area contributed by atoms with Gasteiger partial charge in [-0.2, -0.15) is 0 Å². The van der Waals surface area contributed by atoms with E-state index in [9.17, 15) is 14.7 Å². The molecule has 2 unspecified atom stereocenters. The molecule has 5 nitrogen and oxygen atoms in total. The minimum Gasteiger partial charge on any atom is -0.481 e. The molecule has 1 aliphatic rings. The van der Waals surface area contributed by atoms with E-state index in [1.54, 1.807) is 4.90 Å². The van der Waals surface area contributed by atoms with E-state index >= 15 is 0 Å². The van der Waals surface area contributed by atoms with Gasteiger partial charge < -0.3 is 15.7 Å². The lowest BCUT2D eigenvalue weighted by molar-refractivity contribution is -0.145. The van der Waals surface area contributed by atoms with E-state index in [4.69, 9.17) is 17.3 Å². The van der Waals surface area contributed by atoms with Crippen LogP contribution < -0.4 is 5.73 Å². The number of hydrogen-bond donors (Lipinski definition) is 2.